The Kier molecular flexibility index (Phi) is 4.75. The van der Waals surface area contributed by atoms with Crippen molar-refractivity contribution in [3.8, 4) is 5.75 Å². The van der Waals surface area contributed by atoms with Gasteiger partial charge in [-0.05, 0) is 49.4 Å². The molecule has 0 fully saturated rings. The molecule has 5 heteroatoms. The van der Waals surface area contributed by atoms with Gasteiger partial charge in [-0.25, -0.2) is 4.57 Å². The van der Waals surface area contributed by atoms with E-state index in [0.717, 1.165) is 30.4 Å². The van der Waals surface area contributed by atoms with Gasteiger partial charge in [0, 0.05) is 0 Å². The molecule has 96 valence electrons. The van der Waals surface area contributed by atoms with Crippen molar-refractivity contribution in [3.05, 3.63) is 28.8 Å². The molecule has 1 rings (SSSR count). The predicted molar refractivity (Wildman–Crippen MR) is 67.2 cm³/mol. The number of benzene rings is 1. The van der Waals surface area contributed by atoms with Crippen LogP contribution in [0.4, 0.5) is 0 Å². The topological polar surface area (TPSA) is 66.8 Å². The summed E-state index contributed by atoms with van der Waals surface area (Å²) in [5.41, 5.74) is 3.05. The second kappa shape index (κ2) is 5.67. The number of phosphoric ester groups is 1. The molecule has 0 aliphatic heterocycles. The highest BCUT2D eigenvalue weighted by atomic mass is 31.2. The van der Waals surface area contributed by atoms with Crippen molar-refractivity contribution < 1.29 is 18.9 Å². The van der Waals surface area contributed by atoms with Gasteiger partial charge in [-0.2, -0.15) is 0 Å². The van der Waals surface area contributed by atoms with Crippen LogP contribution < -0.4 is 4.52 Å². The first-order valence-electron chi connectivity index (χ1n) is 5.69. The molecule has 0 atom stereocenters. The number of aryl methyl sites for hydroxylation is 1. The lowest BCUT2D eigenvalue weighted by Crippen LogP contribution is -1.98. The number of unbranched alkanes of at least 4 members (excludes halogenated alkanes) is 1. The van der Waals surface area contributed by atoms with Crippen LogP contribution in [0.2, 0.25) is 0 Å². The van der Waals surface area contributed by atoms with Gasteiger partial charge < -0.3 is 4.52 Å². The van der Waals surface area contributed by atoms with Crippen molar-refractivity contribution in [1.82, 2.24) is 0 Å². The maximum atomic E-state index is 10.8. The Morgan fingerprint density at radius 2 is 1.88 bits per heavy atom. The van der Waals surface area contributed by atoms with E-state index in [1.54, 1.807) is 6.07 Å². The molecular formula is C12H19O4P. The smallest absolute Gasteiger partial charge is 0.404 e. The second-order valence-corrected chi connectivity index (χ2v) is 5.32. The van der Waals surface area contributed by atoms with Crippen molar-refractivity contribution in [3.63, 3.8) is 0 Å². The number of phosphoric acid groups is 1. The quantitative estimate of drug-likeness (QED) is 0.796. The Hall–Kier alpha value is -0.830. The molecule has 17 heavy (non-hydrogen) atoms. The molecule has 0 spiro atoms. The highest BCUT2D eigenvalue weighted by molar-refractivity contribution is 7.46. The molecule has 0 unspecified atom stereocenters. The lowest BCUT2D eigenvalue weighted by atomic mass is 9.98. The predicted octanol–water partition coefficient (Wildman–Crippen LogP) is 3.12. The largest absolute Gasteiger partial charge is 0.524 e. The fourth-order valence-electron chi connectivity index (χ4n) is 1.72. The molecule has 0 heterocycles. The zero-order chi connectivity index (χ0) is 13.1. The second-order valence-electron chi connectivity index (χ2n) is 4.16. The van der Waals surface area contributed by atoms with Crippen LogP contribution in [0, 0.1) is 13.8 Å². The van der Waals surface area contributed by atoms with Crippen LogP contribution in [0.5, 0.6) is 5.75 Å². The summed E-state index contributed by atoms with van der Waals surface area (Å²) >= 11 is 0. The van der Waals surface area contributed by atoms with E-state index >= 15 is 0 Å². The van der Waals surface area contributed by atoms with Gasteiger partial charge in [0.1, 0.15) is 5.75 Å². The van der Waals surface area contributed by atoms with E-state index in [4.69, 9.17) is 9.79 Å². The van der Waals surface area contributed by atoms with E-state index < -0.39 is 7.82 Å². The number of rotatable bonds is 5. The summed E-state index contributed by atoms with van der Waals surface area (Å²) in [6.07, 6.45) is 3.22. The van der Waals surface area contributed by atoms with Crippen molar-refractivity contribution >= 4 is 7.82 Å². The molecule has 0 aliphatic carbocycles. The Balaban J connectivity index is 2.98. The van der Waals surface area contributed by atoms with Gasteiger partial charge in [-0.15, -0.1) is 0 Å². The molecule has 0 aromatic heterocycles. The number of hydrogen-bond acceptors (Lipinski definition) is 2. The van der Waals surface area contributed by atoms with Crippen LogP contribution in [-0.4, -0.2) is 9.79 Å². The first kappa shape index (κ1) is 14.2. The van der Waals surface area contributed by atoms with Gasteiger partial charge in [0.2, 0.25) is 0 Å². The molecule has 0 radical (unpaired) electrons. The highest BCUT2D eigenvalue weighted by Gasteiger charge is 2.18. The molecular weight excluding hydrogens is 239 g/mol. The SMILES string of the molecule is CCCCc1ccc(OP(=O)(O)O)c(C)c1C. The van der Waals surface area contributed by atoms with Crippen LogP contribution in [0.1, 0.15) is 36.5 Å². The molecule has 1 aromatic rings. The maximum Gasteiger partial charge on any atom is 0.524 e. The first-order valence-corrected chi connectivity index (χ1v) is 7.22. The maximum absolute atomic E-state index is 10.8. The van der Waals surface area contributed by atoms with Gasteiger partial charge in [-0.3, -0.25) is 9.79 Å². The molecule has 0 saturated heterocycles. The molecule has 0 amide bonds. The first-order chi connectivity index (χ1) is 7.85. The van der Waals surface area contributed by atoms with E-state index in [-0.39, 0.29) is 5.75 Å². The van der Waals surface area contributed by atoms with E-state index in [0.29, 0.717) is 0 Å². The summed E-state index contributed by atoms with van der Waals surface area (Å²) in [7, 11) is -4.47. The summed E-state index contributed by atoms with van der Waals surface area (Å²) in [6, 6.07) is 3.51. The zero-order valence-corrected chi connectivity index (χ0v) is 11.3. The fraction of sp³-hybridized carbons (Fsp3) is 0.500. The Morgan fingerprint density at radius 1 is 1.24 bits per heavy atom. The van der Waals surface area contributed by atoms with Crippen LogP contribution in [0.25, 0.3) is 0 Å². The minimum Gasteiger partial charge on any atom is -0.404 e. The van der Waals surface area contributed by atoms with Gasteiger partial charge in [0.15, 0.2) is 0 Å². The van der Waals surface area contributed by atoms with Gasteiger partial charge in [0.05, 0.1) is 0 Å². The van der Waals surface area contributed by atoms with E-state index in [1.165, 1.54) is 5.56 Å². The lowest BCUT2D eigenvalue weighted by Gasteiger charge is -2.14. The molecule has 0 saturated carbocycles. The Bertz CT molecular complexity index is 436. The van der Waals surface area contributed by atoms with E-state index in [2.05, 4.69) is 11.4 Å². The Morgan fingerprint density at radius 3 is 2.41 bits per heavy atom. The molecule has 2 N–H and O–H groups in total. The average molecular weight is 258 g/mol. The van der Waals surface area contributed by atoms with Crippen molar-refractivity contribution in [2.45, 2.75) is 40.0 Å². The summed E-state index contributed by atoms with van der Waals surface area (Å²) in [5, 5.41) is 0. The summed E-state index contributed by atoms with van der Waals surface area (Å²) in [5.74, 6) is 0.260. The van der Waals surface area contributed by atoms with Crippen LogP contribution in [-0.2, 0) is 11.0 Å². The monoisotopic (exact) mass is 258 g/mol. The van der Waals surface area contributed by atoms with Crippen molar-refractivity contribution in [2.75, 3.05) is 0 Å². The van der Waals surface area contributed by atoms with Crippen molar-refractivity contribution in [2.24, 2.45) is 0 Å². The zero-order valence-electron chi connectivity index (χ0n) is 10.4. The third-order valence-electron chi connectivity index (χ3n) is 2.87. The van der Waals surface area contributed by atoms with Gasteiger partial charge in [0.25, 0.3) is 0 Å². The van der Waals surface area contributed by atoms with Gasteiger partial charge in [-0.1, -0.05) is 19.4 Å². The Labute approximate surface area is 102 Å². The average Bonchev–Trinajstić information content (AvgIpc) is 2.22. The van der Waals surface area contributed by atoms with E-state index in [1.807, 2.05) is 19.9 Å². The van der Waals surface area contributed by atoms with Crippen LogP contribution >= 0.6 is 7.82 Å². The summed E-state index contributed by atoms with van der Waals surface area (Å²) in [4.78, 5) is 17.6. The van der Waals surface area contributed by atoms with Gasteiger partial charge >= 0.3 is 7.82 Å². The number of hydrogen-bond donors (Lipinski definition) is 2. The fourth-order valence-corrected chi connectivity index (χ4v) is 2.17. The molecule has 0 aliphatic rings. The minimum absolute atomic E-state index is 0.260. The highest BCUT2D eigenvalue weighted by Crippen LogP contribution is 2.40. The van der Waals surface area contributed by atoms with Crippen molar-refractivity contribution in [1.29, 1.82) is 0 Å². The molecule has 1 aromatic carbocycles. The molecule has 4 nitrogen and oxygen atoms in total. The summed E-state index contributed by atoms with van der Waals surface area (Å²) in [6.45, 7) is 5.90. The van der Waals surface area contributed by atoms with Crippen LogP contribution in [0.3, 0.4) is 0 Å². The molecule has 0 bridgehead atoms. The third-order valence-corrected chi connectivity index (χ3v) is 3.30. The summed E-state index contributed by atoms with van der Waals surface area (Å²) < 4.78 is 15.4. The van der Waals surface area contributed by atoms with E-state index in [9.17, 15) is 4.57 Å². The standard InChI is InChI=1S/C12H19O4P/c1-4-5-6-11-7-8-12(10(3)9(11)2)16-17(13,14)15/h7-8H,4-6H2,1-3H3,(H2,13,14,15). The van der Waals surface area contributed by atoms with Crippen LogP contribution in [0.15, 0.2) is 12.1 Å². The minimum atomic E-state index is -4.47. The third kappa shape index (κ3) is 4.15. The normalized spacial score (nSPS) is 11.6. The lowest BCUT2D eigenvalue weighted by molar-refractivity contribution is 0.282.